The largest absolute Gasteiger partial charge is 0.423 e. The maximum Gasteiger partial charge on any atom is 0.343 e. The molecule has 6 heteroatoms. The van der Waals surface area contributed by atoms with Crippen molar-refractivity contribution in [1.82, 2.24) is 5.32 Å². The van der Waals surface area contributed by atoms with Gasteiger partial charge < -0.3 is 15.8 Å². The van der Waals surface area contributed by atoms with E-state index >= 15 is 0 Å². The predicted molar refractivity (Wildman–Crippen MR) is 88.8 cm³/mol. The minimum Gasteiger partial charge on any atom is -0.423 e. The molecule has 0 aliphatic carbocycles. The van der Waals surface area contributed by atoms with E-state index in [-0.39, 0.29) is 17.9 Å². The monoisotopic (exact) mass is 326 g/mol. The highest BCUT2D eigenvalue weighted by Crippen LogP contribution is 2.17. The van der Waals surface area contributed by atoms with Crippen molar-refractivity contribution in [3.8, 4) is 5.75 Å². The first-order chi connectivity index (χ1) is 11.4. The number of rotatable bonds is 5. The van der Waals surface area contributed by atoms with Gasteiger partial charge in [-0.2, -0.15) is 0 Å². The summed E-state index contributed by atoms with van der Waals surface area (Å²) < 4.78 is 5.30. The second-order valence-corrected chi connectivity index (χ2v) is 5.37. The zero-order valence-electron chi connectivity index (χ0n) is 13.5. The quantitative estimate of drug-likeness (QED) is 0.646. The third-order valence-electron chi connectivity index (χ3n) is 3.47. The minimum atomic E-state index is -0.638. The highest BCUT2D eigenvalue weighted by atomic mass is 16.5. The maximum atomic E-state index is 12.2. The number of hydrogen-bond acceptors (Lipinski definition) is 4. The molecule has 0 bridgehead atoms. The van der Waals surface area contributed by atoms with Crippen LogP contribution in [0.1, 0.15) is 31.8 Å². The van der Waals surface area contributed by atoms with Crippen LogP contribution in [0.15, 0.2) is 42.5 Å². The van der Waals surface area contributed by atoms with Crippen LogP contribution in [0.25, 0.3) is 0 Å². The van der Waals surface area contributed by atoms with Crippen molar-refractivity contribution in [2.24, 2.45) is 5.73 Å². The number of carbonyl (C=O) groups excluding carboxylic acids is 3. The molecule has 0 atom stereocenters. The molecule has 0 aliphatic rings. The molecule has 0 aromatic heterocycles. The molecule has 0 spiro atoms. The van der Waals surface area contributed by atoms with E-state index in [1.165, 1.54) is 6.07 Å². The number of nitrogens with two attached hydrogens (primary N) is 1. The molecule has 0 heterocycles. The second-order valence-electron chi connectivity index (χ2n) is 5.37. The second kappa shape index (κ2) is 7.41. The van der Waals surface area contributed by atoms with Gasteiger partial charge in [-0.15, -0.1) is 0 Å². The average Bonchev–Trinajstić information content (AvgIpc) is 2.55. The first-order valence-electron chi connectivity index (χ1n) is 7.33. The third kappa shape index (κ3) is 4.42. The number of benzene rings is 2. The van der Waals surface area contributed by atoms with E-state index in [1.807, 2.05) is 19.9 Å². The number of primary amides is 1. The van der Waals surface area contributed by atoms with Crippen molar-refractivity contribution in [2.45, 2.75) is 13.8 Å². The van der Waals surface area contributed by atoms with Gasteiger partial charge >= 0.3 is 5.97 Å². The molecule has 2 amide bonds. The van der Waals surface area contributed by atoms with Gasteiger partial charge in [0.25, 0.3) is 5.91 Å². The Morgan fingerprint density at radius 1 is 1.00 bits per heavy atom. The highest BCUT2D eigenvalue weighted by molar-refractivity contribution is 5.97. The van der Waals surface area contributed by atoms with Gasteiger partial charge in [0, 0.05) is 5.56 Å². The van der Waals surface area contributed by atoms with Gasteiger partial charge in [0.15, 0.2) is 0 Å². The van der Waals surface area contributed by atoms with Gasteiger partial charge in [-0.3, -0.25) is 9.59 Å². The fourth-order valence-electron chi connectivity index (χ4n) is 2.00. The molecule has 6 nitrogen and oxygen atoms in total. The summed E-state index contributed by atoms with van der Waals surface area (Å²) in [5.41, 5.74) is 7.75. The Morgan fingerprint density at radius 2 is 1.75 bits per heavy atom. The van der Waals surface area contributed by atoms with E-state index in [0.717, 1.165) is 11.1 Å². The Balaban J connectivity index is 2.11. The Bertz CT molecular complexity index is 799. The van der Waals surface area contributed by atoms with Crippen LogP contribution in [0.3, 0.4) is 0 Å². The number of esters is 1. The molecule has 0 fully saturated rings. The van der Waals surface area contributed by atoms with Crippen LogP contribution in [-0.2, 0) is 4.79 Å². The summed E-state index contributed by atoms with van der Waals surface area (Å²) in [6.07, 6.45) is 0. The number of carbonyl (C=O) groups is 3. The van der Waals surface area contributed by atoms with Gasteiger partial charge in [0.1, 0.15) is 5.75 Å². The summed E-state index contributed by atoms with van der Waals surface area (Å²) in [5, 5.41) is 2.37. The van der Waals surface area contributed by atoms with Crippen LogP contribution in [-0.4, -0.2) is 24.3 Å². The lowest BCUT2D eigenvalue weighted by Gasteiger charge is -2.08. The van der Waals surface area contributed by atoms with Crippen molar-refractivity contribution < 1.29 is 19.1 Å². The van der Waals surface area contributed by atoms with E-state index in [1.54, 1.807) is 30.3 Å². The van der Waals surface area contributed by atoms with Crippen molar-refractivity contribution in [2.75, 3.05) is 6.54 Å². The van der Waals surface area contributed by atoms with Gasteiger partial charge in [-0.1, -0.05) is 12.1 Å². The molecule has 2 aromatic carbocycles. The summed E-state index contributed by atoms with van der Waals surface area (Å²) in [6, 6.07) is 11.4. The number of ether oxygens (including phenoxy) is 1. The molecule has 0 saturated carbocycles. The number of amides is 2. The van der Waals surface area contributed by atoms with Crippen molar-refractivity contribution in [3.63, 3.8) is 0 Å². The number of hydrogen-bond donors (Lipinski definition) is 2. The average molecular weight is 326 g/mol. The Hall–Kier alpha value is -3.15. The Morgan fingerprint density at radius 3 is 2.42 bits per heavy atom. The molecular formula is C18H18N2O4. The van der Waals surface area contributed by atoms with Crippen LogP contribution < -0.4 is 15.8 Å². The first-order valence-corrected chi connectivity index (χ1v) is 7.33. The molecular weight excluding hydrogens is 308 g/mol. The van der Waals surface area contributed by atoms with Gasteiger partial charge in [0.05, 0.1) is 12.1 Å². The molecule has 2 aromatic rings. The maximum absolute atomic E-state index is 12.2. The Labute approximate surface area is 139 Å². The van der Waals surface area contributed by atoms with Crippen LogP contribution in [0.4, 0.5) is 0 Å². The molecule has 0 aliphatic heterocycles. The SMILES string of the molecule is Cc1ccc(C(=O)Oc2cccc(C(=O)NCC(N)=O)c2)cc1C. The number of aryl methyl sites for hydroxylation is 2. The third-order valence-corrected chi connectivity index (χ3v) is 3.47. The summed E-state index contributed by atoms with van der Waals surface area (Å²) in [4.78, 5) is 34.8. The first kappa shape index (κ1) is 17.2. The lowest BCUT2D eigenvalue weighted by Crippen LogP contribution is -2.33. The molecule has 2 rings (SSSR count). The van der Waals surface area contributed by atoms with E-state index < -0.39 is 17.8 Å². The van der Waals surface area contributed by atoms with Crippen molar-refractivity contribution >= 4 is 17.8 Å². The van der Waals surface area contributed by atoms with Crippen LogP contribution in [0.2, 0.25) is 0 Å². The lowest BCUT2D eigenvalue weighted by molar-refractivity contribution is -0.117. The predicted octanol–water partition coefficient (Wildman–Crippen LogP) is 1.74. The molecule has 124 valence electrons. The normalized spacial score (nSPS) is 10.1. The van der Waals surface area contributed by atoms with Crippen LogP contribution in [0, 0.1) is 13.8 Å². The standard InChI is InChI=1S/C18H18N2O4/c1-11-6-7-14(8-12(11)2)18(23)24-15-5-3-4-13(9-15)17(22)20-10-16(19)21/h3-9H,10H2,1-2H3,(H2,19,21)(H,20,22). The van der Waals surface area contributed by atoms with Gasteiger partial charge in [-0.25, -0.2) is 4.79 Å². The van der Waals surface area contributed by atoms with E-state index in [0.29, 0.717) is 5.56 Å². The Kier molecular flexibility index (Phi) is 5.31. The van der Waals surface area contributed by atoms with E-state index in [4.69, 9.17) is 10.5 Å². The lowest BCUT2D eigenvalue weighted by atomic mass is 10.1. The van der Waals surface area contributed by atoms with Crippen molar-refractivity contribution in [1.29, 1.82) is 0 Å². The molecule has 0 radical (unpaired) electrons. The van der Waals surface area contributed by atoms with Crippen LogP contribution >= 0.6 is 0 Å². The summed E-state index contributed by atoms with van der Waals surface area (Å²) >= 11 is 0. The van der Waals surface area contributed by atoms with Crippen LogP contribution in [0.5, 0.6) is 5.75 Å². The van der Waals surface area contributed by atoms with E-state index in [2.05, 4.69) is 5.32 Å². The molecule has 24 heavy (non-hydrogen) atoms. The summed E-state index contributed by atoms with van der Waals surface area (Å²) in [6.45, 7) is 3.61. The smallest absolute Gasteiger partial charge is 0.343 e. The molecule has 0 saturated heterocycles. The minimum absolute atomic E-state index is 0.241. The van der Waals surface area contributed by atoms with Crippen molar-refractivity contribution in [3.05, 3.63) is 64.7 Å². The summed E-state index contributed by atoms with van der Waals surface area (Å²) in [7, 11) is 0. The van der Waals surface area contributed by atoms with Gasteiger partial charge in [0.2, 0.25) is 5.91 Å². The molecule has 3 N–H and O–H groups in total. The summed E-state index contributed by atoms with van der Waals surface area (Å²) in [5.74, 6) is -1.38. The topological polar surface area (TPSA) is 98.5 Å². The number of nitrogens with one attached hydrogen (secondary N) is 1. The molecule has 0 unspecified atom stereocenters. The fraction of sp³-hybridized carbons (Fsp3) is 0.167. The zero-order chi connectivity index (χ0) is 17.7. The highest BCUT2D eigenvalue weighted by Gasteiger charge is 2.12. The zero-order valence-corrected chi connectivity index (χ0v) is 13.5. The van der Waals surface area contributed by atoms with E-state index in [9.17, 15) is 14.4 Å². The fourth-order valence-corrected chi connectivity index (χ4v) is 2.00. The van der Waals surface area contributed by atoms with Gasteiger partial charge in [-0.05, 0) is 55.3 Å².